The number of rotatable bonds is 8. The third-order valence-corrected chi connectivity index (χ3v) is 8.36. The SMILES string of the molecule is COc1cc(CN[C@H](C)C23CC4CC(CC(C4)C2)C3)ccc1OCc1ccc(C)cc1. The van der Waals surface area contributed by atoms with Crippen molar-refractivity contribution in [1.29, 1.82) is 0 Å². The van der Waals surface area contributed by atoms with E-state index >= 15 is 0 Å². The Kier molecular flexibility index (Phi) is 5.73. The molecule has 3 heteroatoms. The van der Waals surface area contributed by atoms with Crippen molar-refractivity contribution in [3.8, 4) is 11.5 Å². The van der Waals surface area contributed by atoms with Crippen LogP contribution >= 0.6 is 0 Å². The fraction of sp³-hybridized carbons (Fsp3) is 0.571. The highest BCUT2D eigenvalue weighted by molar-refractivity contribution is 5.43. The lowest BCUT2D eigenvalue weighted by atomic mass is 9.48. The topological polar surface area (TPSA) is 30.5 Å². The first-order valence-electron chi connectivity index (χ1n) is 12.1. The molecule has 166 valence electrons. The summed E-state index contributed by atoms with van der Waals surface area (Å²) in [5, 5.41) is 3.89. The van der Waals surface area contributed by atoms with Gasteiger partial charge < -0.3 is 14.8 Å². The Morgan fingerprint density at radius 2 is 1.52 bits per heavy atom. The minimum Gasteiger partial charge on any atom is -0.493 e. The van der Waals surface area contributed by atoms with E-state index in [1.54, 1.807) is 7.11 Å². The van der Waals surface area contributed by atoms with Gasteiger partial charge in [-0.05, 0) is 98.8 Å². The maximum Gasteiger partial charge on any atom is 0.161 e. The summed E-state index contributed by atoms with van der Waals surface area (Å²) >= 11 is 0. The number of hydrogen-bond donors (Lipinski definition) is 1. The Hall–Kier alpha value is -2.00. The van der Waals surface area contributed by atoms with Gasteiger partial charge >= 0.3 is 0 Å². The van der Waals surface area contributed by atoms with Crippen LogP contribution < -0.4 is 14.8 Å². The van der Waals surface area contributed by atoms with Gasteiger partial charge in [-0.15, -0.1) is 0 Å². The van der Waals surface area contributed by atoms with Crippen LogP contribution in [0.25, 0.3) is 0 Å². The average molecular weight is 420 g/mol. The molecular weight excluding hydrogens is 382 g/mol. The lowest BCUT2D eigenvalue weighted by Crippen LogP contribution is -2.54. The summed E-state index contributed by atoms with van der Waals surface area (Å²) in [6, 6.07) is 15.4. The summed E-state index contributed by atoms with van der Waals surface area (Å²) in [6.45, 7) is 5.97. The van der Waals surface area contributed by atoms with Gasteiger partial charge in [0.05, 0.1) is 7.11 Å². The van der Waals surface area contributed by atoms with Gasteiger partial charge in [0.15, 0.2) is 11.5 Å². The van der Waals surface area contributed by atoms with Gasteiger partial charge in [-0.2, -0.15) is 0 Å². The van der Waals surface area contributed by atoms with Crippen LogP contribution in [-0.4, -0.2) is 13.2 Å². The van der Waals surface area contributed by atoms with Gasteiger partial charge in [-0.1, -0.05) is 35.9 Å². The summed E-state index contributed by atoms with van der Waals surface area (Å²) in [5.74, 6) is 4.62. The molecule has 0 saturated heterocycles. The van der Waals surface area contributed by atoms with Crippen molar-refractivity contribution in [1.82, 2.24) is 5.32 Å². The molecule has 4 saturated carbocycles. The third-order valence-electron chi connectivity index (χ3n) is 8.36. The summed E-state index contributed by atoms with van der Waals surface area (Å²) in [4.78, 5) is 0. The van der Waals surface area contributed by atoms with E-state index in [2.05, 4.69) is 61.6 Å². The van der Waals surface area contributed by atoms with Gasteiger partial charge in [-0.25, -0.2) is 0 Å². The van der Waals surface area contributed by atoms with Crippen LogP contribution in [0.5, 0.6) is 11.5 Å². The number of methoxy groups -OCH3 is 1. The fourth-order valence-corrected chi connectivity index (χ4v) is 6.98. The van der Waals surface area contributed by atoms with E-state index in [1.807, 2.05) is 0 Å². The van der Waals surface area contributed by atoms with E-state index in [1.165, 1.54) is 55.2 Å². The predicted molar refractivity (Wildman–Crippen MR) is 125 cm³/mol. The zero-order valence-electron chi connectivity index (χ0n) is 19.3. The van der Waals surface area contributed by atoms with Gasteiger partial charge in [0, 0.05) is 12.6 Å². The summed E-state index contributed by atoms with van der Waals surface area (Å²) < 4.78 is 11.7. The molecule has 2 aromatic carbocycles. The zero-order chi connectivity index (χ0) is 21.4. The van der Waals surface area contributed by atoms with Gasteiger partial charge in [-0.3, -0.25) is 0 Å². The molecule has 0 unspecified atom stereocenters. The summed E-state index contributed by atoms with van der Waals surface area (Å²) in [5.41, 5.74) is 4.23. The molecule has 4 aliphatic rings. The van der Waals surface area contributed by atoms with Gasteiger partial charge in [0.25, 0.3) is 0 Å². The predicted octanol–water partition coefficient (Wildman–Crippen LogP) is 6.28. The van der Waals surface area contributed by atoms with Crippen molar-refractivity contribution < 1.29 is 9.47 Å². The van der Waals surface area contributed by atoms with E-state index in [0.717, 1.165) is 35.8 Å². The van der Waals surface area contributed by atoms with Crippen LogP contribution in [0.2, 0.25) is 0 Å². The second kappa shape index (κ2) is 8.50. The van der Waals surface area contributed by atoms with Crippen molar-refractivity contribution in [3.05, 3.63) is 59.2 Å². The van der Waals surface area contributed by atoms with Gasteiger partial charge in [0.1, 0.15) is 6.61 Å². The molecular formula is C28H37NO2. The minimum absolute atomic E-state index is 0.538. The molecule has 0 amide bonds. The van der Waals surface area contributed by atoms with Crippen LogP contribution in [0, 0.1) is 30.1 Å². The molecule has 4 fully saturated rings. The highest BCUT2D eigenvalue weighted by atomic mass is 16.5. The first-order chi connectivity index (χ1) is 15.0. The van der Waals surface area contributed by atoms with Crippen molar-refractivity contribution >= 4 is 0 Å². The lowest BCUT2D eigenvalue weighted by Gasteiger charge is -2.59. The maximum absolute atomic E-state index is 6.05. The molecule has 4 aliphatic carbocycles. The number of ether oxygens (including phenoxy) is 2. The highest BCUT2D eigenvalue weighted by Crippen LogP contribution is 2.61. The standard InChI is InChI=1S/C28H37NO2/c1-19-4-6-21(7-5-19)18-31-26-9-8-22(13-27(26)30-3)17-29-20(2)28-14-23-10-24(15-28)12-25(11-23)16-28/h4-9,13,20,23-25,29H,10-12,14-18H2,1-3H3/t20-,23?,24?,25?,28?/m1/s1. The van der Waals surface area contributed by atoms with Crippen LogP contribution in [0.15, 0.2) is 42.5 Å². The Balaban J connectivity index is 1.20. The Labute approximate surface area is 187 Å². The Bertz CT molecular complexity index is 868. The second-order valence-corrected chi connectivity index (χ2v) is 10.6. The highest BCUT2D eigenvalue weighted by Gasteiger charge is 2.52. The second-order valence-electron chi connectivity index (χ2n) is 10.6. The summed E-state index contributed by atoms with van der Waals surface area (Å²) in [6.07, 6.45) is 8.86. The van der Waals surface area contributed by atoms with E-state index in [4.69, 9.17) is 9.47 Å². The number of benzene rings is 2. The van der Waals surface area contributed by atoms with Crippen LogP contribution in [0.3, 0.4) is 0 Å². The number of aryl methyl sites for hydroxylation is 1. The lowest BCUT2D eigenvalue weighted by molar-refractivity contribution is -0.0706. The molecule has 2 aromatic rings. The first-order valence-corrected chi connectivity index (χ1v) is 12.1. The maximum atomic E-state index is 6.05. The molecule has 1 N–H and O–H groups in total. The third kappa shape index (κ3) is 4.35. The van der Waals surface area contributed by atoms with Crippen molar-refractivity contribution in [3.63, 3.8) is 0 Å². The Morgan fingerprint density at radius 3 is 2.13 bits per heavy atom. The Morgan fingerprint density at radius 1 is 0.903 bits per heavy atom. The molecule has 6 rings (SSSR count). The molecule has 0 heterocycles. The molecule has 3 nitrogen and oxygen atoms in total. The molecule has 4 bridgehead atoms. The van der Waals surface area contributed by atoms with Crippen LogP contribution in [-0.2, 0) is 13.2 Å². The summed E-state index contributed by atoms with van der Waals surface area (Å²) in [7, 11) is 1.73. The quantitative estimate of drug-likeness (QED) is 0.546. The van der Waals surface area contributed by atoms with E-state index < -0.39 is 0 Å². The monoisotopic (exact) mass is 419 g/mol. The molecule has 0 radical (unpaired) electrons. The normalized spacial score (nSPS) is 29.7. The molecule has 0 spiro atoms. The zero-order valence-corrected chi connectivity index (χ0v) is 19.3. The van der Waals surface area contributed by atoms with Crippen molar-refractivity contribution in [2.24, 2.45) is 23.2 Å². The first kappa shape index (κ1) is 20.9. The van der Waals surface area contributed by atoms with Crippen molar-refractivity contribution in [2.45, 2.75) is 71.6 Å². The van der Waals surface area contributed by atoms with E-state index in [-0.39, 0.29) is 0 Å². The minimum atomic E-state index is 0.538. The molecule has 0 aromatic heterocycles. The van der Waals surface area contributed by atoms with Gasteiger partial charge in [0.2, 0.25) is 0 Å². The molecule has 0 aliphatic heterocycles. The van der Waals surface area contributed by atoms with Crippen LogP contribution in [0.4, 0.5) is 0 Å². The fourth-order valence-electron chi connectivity index (χ4n) is 6.98. The van der Waals surface area contributed by atoms with Crippen molar-refractivity contribution in [2.75, 3.05) is 7.11 Å². The van der Waals surface area contributed by atoms with E-state index in [9.17, 15) is 0 Å². The largest absolute Gasteiger partial charge is 0.493 e. The number of nitrogens with one attached hydrogen (secondary N) is 1. The molecule has 31 heavy (non-hydrogen) atoms. The average Bonchev–Trinajstić information content (AvgIpc) is 2.76. The smallest absolute Gasteiger partial charge is 0.161 e. The van der Waals surface area contributed by atoms with Crippen LogP contribution in [0.1, 0.15) is 62.1 Å². The van der Waals surface area contributed by atoms with E-state index in [0.29, 0.717) is 18.1 Å². The number of hydrogen-bond acceptors (Lipinski definition) is 3. The molecule has 1 atom stereocenters.